The second-order valence-electron chi connectivity index (χ2n) is 4.33. The normalized spacial score (nSPS) is 14.9. The van der Waals surface area contributed by atoms with E-state index in [1.165, 1.54) is 18.9 Å². The Morgan fingerprint density at radius 2 is 2.24 bits per heavy atom. The lowest BCUT2D eigenvalue weighted by molar-refractivity contribution is 0.00734. The first-order valence-electron chi connectivity index (χ1n) is 5.94. The largest absolute Gasteiger partial charge is 0.464 e. The predicted molar refractivity (Wildman–Crippen MR) is 63.3 cm³/mol. The van der Waals surface area contributed by atoms with Gasteiger partial charge in [0.15, 0.2) is 18.4 Å². The predicted octanol–water partition coefficient (Wildman–Crippen LogP) is 2.31. The Bertz CT molecular complexity index is 366. The van der Waals surface area contributed by atoms with E-state index in [0.29, 0.717) is 12.5 Å². The fourth-order valence-corrected chi connectivity index (χ4v) is 1.64. The zero-order chi connectivity index (χ0) is 12.1. The van der Waals surface area contributed by atoms with E-state index in [-0.39, 0.29) is 18.4 Å². The van der Waals surface area contributed by atoms with E-state index in [2.05, 4.69) is 5.32 Å². The van der Waals surface area contributed by atoms with Crippen molar-refractivity contribution >= 4 is 0 Å². The van der Waals surface area contributed by atoms with Crippen LogP contribution in [0.5, 0.6) is 5.75 Å². The van der Waals surface area contributed by atoms with Gasteiger partial charge in [0.1, 0.15) is 0 Å². The van der Waals surface area contributed by atoms with Crippen molar-refractivity contribution in [2.75, 3.05) is 20.4 Å². The minimum Gasteiger partial charge on any atom is -0.464 e. The van der Waals surface area contributed by atoms with Gasteiger partial charge in [0.2, 0.25) is 0 Å². The SMILES string of the molecule is CNCc1cccc(F)c1OCOCC1CC1. The summed E-state index contributed by atoms with van der Waals surface area (Å²) in [7, 11) is 1.82. The van der Waals surface area contributed by atoms with Gasteiger partial charge >= 0.3 is 0 Å². The summed E-state index contributed by atoms with van der Waals surface area (Å²) in [6.07, 6.45) is 2.48. The van der Waals surface area contributed by atoms with Crippen LogP contribution in [0.15, 0.2) is 18.2 Å². The van der Waals surface area contributed by atoms with Gasteiger partial charge in [-0.25, -0.2) is 4.39 Å². The number of hydrogen-bond acceptors (Lipinski definition) is 3. The standard InChI is InChI=1S/C13H18FNO2/c1-15-7-11-3-2-4-12(14)13(11)17-9-16-8-10-5-6-10/h2-4,10,15H,5-9H2,1H3. The van der Waals surface area contributed by atoms with Gasteiger partial charge in [-0.3, -0.25) is 0 Å². The molecular formula is C13H18FNO2. The molecule has 17 heavy (non-hydrogen) atoms. The van der Waals surface area contributed by atoms with Crippen molar-refractivity contribution in [3.05, 3.63) is 29.6 Å². The van der Waals surface area contributed by atoms with Crippen LogP contribution in [0.1, 0.15) is 18.4 Å². The molecule has 0 saturated heterocycles. The number of para-hydroxylation sites is 1. The third-order valence-electron chi connectivity index (χ3n) is 2.75. The molecule has 0 spiro atoms. The van der Waals surface area contributed by atoms with Gasteiger partial charge in [0.05, 0.1) is 6.61 Å². The molecule has 0 atom stereocenters. The minimum atomic E-state index is -0.340. The topological polar surface area (TPSA) is 30.5 Å². The summed E-state index contributed by atoms with van der Waals surface area (Å²) < 4.78 is 24.3. The third-order valence-corrected chi connectivity index (χ3v) is 2.75. The number of halogens is 1. The Labute approximate surface area is 101 Å². The average Bonchev–Trinajstić information content (AvgIpc) is 3.11. The molecule has 1 aromatic rings. The van der Waals surface area contributed by atoms with E-state index in [4.69, 9.17) is 9.47 Å². The molecule has 0 aliphatic heterocycles. The lowest BCUT2D eigenvalue weighted by atomic mass is 10.2. The summed E-state index contributed by atoms with van der Waals surface area (Å²) in [5.41, 5.74) is 0.808. The Balaban J connectivity index is 1.87. The van der Waals surface area contributed by atoms with E-state index < -0.39 is 0 Å². The van der Waals surface area contributed by atoms with Crippen molar-refractivity contribution in [2.24, 2.45) is 5.92 Å². The Morgan fingerprint density at radius 3 is 2.94 bits per heavy atom. The van der Waals surface area contributed by atoms with Gasteiger partial charge in [0.25, 0.3) is 0 Å². The van der Waals surface area contributed by atoms with Crippen LogP contribution >= 0.6 is 0 Å². The molecule has 1 aromatic carbocycles. The molecule has 4 heteroatoms. The minimum absolute atomic E-state index is 0.119. The highest BCUT2D eigenvalue weighted by atomic mass is 19.1. The first kappa shape index (κ1) is 12.3. The van der Waals surface area contributed by atoms with Gasteiger partial charge < -0.3 is 14.8 Å². The summed E-state index contributed by atoms with van der Waals surface area (Å²) in [4.78, 5) is 0. The summed E-state index contributed by atoms with van der Waals surface area (Å²) in [6.45, 7) is 1.42. The van der Waals surface area contributed by atoms with Crippen molar-refractivity contribution in [3.63, 3.8) is 0 Å². The van der Waals surface area contributed by atoms with Crippen molar-refractivity contribution in [3.8, 4) is 5.75 Å². The molecule has 1 saturated carbocycles. The third kappa shape index (κ3) is 3.68. The highest BCUT2D eigenvalue weighted by Crippen LogP contribution is 2.29. The second kappa shape index (κ2) is 5.98. The van der Waals surface area contributed by atoms with E-state index in [1.807, 2.05) is 13.1 Å². The first-order valence-corrected chi connectivity index (χ1v) is 5.94. The smallest absolute Gasteiger partial charge is 0.189 e. The molecule has 1 aliphatic rings. The molecule has 0 heterocycles. The van der Waals surface area contributed by atoms with Crippen LogP contribution in [0.2, 0.25) is 0 Å². The van der Waals surface area contributed by atoms with Crippen LogP contribution < -0.4 is 10.1 Å². The molecule has 3 nitrogen and oxygen atoms in total. The number of nitrogens with one attached hydrogen (secondary N) is 1. The first-order chi connectivity index (χ1) is 8.31. The highest BCUT2D eigenvalue weighted by Gasteiger charge is 2.21. The molecule has 1 fully saturated rings. The summed E-state index contributed by atoms with van der Waals surface area (Å²) in [5.74, 6) is 0.640. The van der Waals surface area contributed by atoms with Crippen LogP contribution in [0, 0.1) is 11.7 Å². The van der Waals surface area contributed by atoms with E-state index in [9.17, 15) is 4.39 Å². The van der Waals surface area contributed by atoms with Gasteiger partial charge in [-0.2, -0.15) is 0 Å². The van der Waals surface area contributed by atoms with E-state index in [1.54, 1.807) is 6.07 Å². The van der Waals surface area contributed by atoms with Crippen molar-refractivity contribution < 1.29 is 13.9 Å². The van der Waals surface area contributed by atoms with Crippen LogP contribution in [0.4, 0.5) is 4.39 Å². The van der Waals surface area contributed by atoms with Crippen LogP contribution in [0.3, 0.4) is 0 Å². The van der Waals surface area contributed by atoms with Crippen molar-refractivity contribution in [1.82, 2.24) is 5.32 Å². The second-order valence-corrected chi connectivity index (χ2v) is 4.33. The Hall–Kier alpha value is -1.13. The molecule has 0 unspecified atom stereocenters. The van der Waals surface area contributed by atoms with Crippen molar-refractivity contribution in [2.45, 2.75) is 19.4 Å². The monoisotopic (exact) mass is 239 g/mol. The molecule has 1 aliphatic carbocycles. The van der Waals surface area contributed by atoms with Gasteiger partial charge in [-0.15, -0.1) is 0 Å². The maximum Gasteiger partial charge on any atom is 0.189 e. The maximum atomic E-state index is 13.6. The Kier molecular flexibility index (Phi) is 4.34. The molecule has 0 aromatic heterocycles. The van der Waals surface area contributed by atoms with E-state index >= 15 is 0 Å². The molecule has 1 N–H and O–H groups in total. The summed E-state index contributed by atoms with van der Waals surface area (Å²) in [5, 5.41) is 2.98. The van der Waals surface area contributed by atoms with Gasteiger partial charge in [-0.05, 0) is 31.9 Å². The fourth-order valence-electron chi connectivity index (χ4n) is 1.64. The summed E-state index contributed by atoms with van der Waals surface area (Å²) in [6, 6.07) is 4.92. The number of rotatable bonds is 7. The molecule has 0 amide bonds. The molecule has 0 radical (unpaired) electrons. The molecular weight excluding hydrogens is 221 g/mol. The Morgan fingerprint density at radius 1 is 1.41 bits per heavy atom. The molecule has 94 valence electrons. The number of benzene rings is 1. The van der Waals surface area contributed by atoms with Gasteiger partial charge in [-0.1, -0.05) is 12.1 Å². The zero-order valence-electron chi connectivity index (χ0n) is 10.0. The number of hydrogen-bond donors (Lipinski definition) is 1. The number of ether oxygens (including phenoxy) is 2. The van der Waals surface area contributed by atoms with Crippen molar-refractivity contribution in [1.29, 1.82) is 0 Å². The lowest BCUT2D eigenvalue weighted by Crippen LogP contribution is -2.11. The zero-order valence-corrected chi connectivity index (χ0v) is 10.0. The summed E-state index contributed by atoms with van der Waals surface area (Å²) >= 11 is 0. The van der Waals surface area contributed by atoms with Crippen LogP contribution in [-0.4, -0.2) is 20.4 Å². The lowest BCUT2D eigenvalue weighted by Gasteiger charge is -2.12. The average molecular weight is 239 g/mol. The molecule has 2 rings (SSSR count). The quantitative estimate of drug-likeness (QED) is 0.585. The van der Waals surface area contributed by atoms with Gasteiger partial charge in [0, 0.05) is 12.1 Å². The fraction of sp³-hybridized carbons (Fsp3) is 0.538. The van der Waals surface area contributed by atoms with E-state index in [0.717, 1.165) is 12.2 Å². The maximum absolute atomic E-state index is 13.6. The highest BCUT2D eigenvalue weighted by molar-refractivity contribution is 5.34. The van der Waals surface area contributed by atoms with Crippen LogP contribution in [-0.2, 0) is 11.3 Å². The molecule has 0 bridgehead atoms. The van der Waals surface area contributed by atoms with Crippen LogP contribution in [0.25, 0.3) is 0 Å².